The third-order valence-corrected chi connectivity index (χ3v) is 0.965. The molecule has 0 aliphatic carbocycles. The number of tetrazole rings is 1. The molecule has 0 spiro atoms. The summed E-state index contributed by atoms with van der Waals surface area (Å²) >= 11 is 5.05. The predicted molar refractivity (Wildman–Crippen MR) is 29.0 cm³/mol. The number of aryl methyl sites for hydroxylation is 1. The highest BCUT2D eigenvalue weighted by Crippen LogP contribution is 1.93. The van der Waals surface area contributed by atoms with Crippen LogP contribution in [0.4, 0.5) is 0 Å². The average molecular weight is 147 g/mol. The Bertz CT molecular complexity index is 231. The molecule has 0 amide bonds. The molecule has 0 N–H and O–H groups in total. The van der Waals surface area contributed by atoms with E-state index in [4.69, 9.17) is 11.6 Å². The maximum Gasteiger partial charge on any atom is 0.291 e. The summed E-state index contributed by atoms with van der Waals surface area (Å²) in [5, 5.41) is 9.27. The van der Waals surface area contributed by atoms with Crippen LogP contribution >= 0.6 is 11.6 Å². The lowest BCUT2D eigenvalue weighted by molar-refractivity contribution is 0.106. The zero-order chi connectivity index (χ0) is 6.85. The summed E-state index contributed by atoms with van der Waals surface area (Å²) in [7, 11) is 1.54. The van der Waals surface area contributed by atoms with Crippen LogP contribution in [0.25, 0.3) is 0 Å². The monoisotopic (exact) mass is 146 g/mol. The zero-order valence-corrected chi connectivity index (χ0v) is 5.33. The van der Waals surface area contributed by atoms with Crippen LogP contribution in [0.1, 0.15) is 10.6 Å². The first-order valence-corrected chi connectivity index (χ1v) is 2.52. The Morgan fingerprint density at radius 3 is 2.67 bits per heavy atom. The van der Waals surface area contributed by atoms with Crippen LogP contribution < -0.4 is 0 Å². The van der Waals surface area contributed by atoms with Gasteiger partial charge in [0.05, 0.1) is 0 Å². The number of hydrogen-bond acceptors (Lipinski definition) is 4. The van der Waals surface area contributed by atoms with E-state index in [0.717, 1.165) is 0 Å². The molecule has 0 aromatic carbocycles. The molecule has 0 unspecified atom stereocenters. The van der Waals surface area contributed by atoms with Gasteiger partial charge in [-0.15, -0.1) is 5.10 Å². The number of halogens is 1. The number of nitrogens with zero attached hydrogens (tertiary/aromatic N) is 4. The van der Waals surface area contributed by atoms with Gasteiger partial charge in [-0.1, -0.05) is 0 Å². The first-order chi connectivity index (χ1) is 4.22. The van der Waals surface area contributed by atoms with Gasteiger partial charge in [-0.25, -0.2) is 4.68 Å². The van der Waals surface area contributed by atoms with Gasteiger partial charge in [-0.3, -0.25) is 4.79 Å². The van der Waals surface area contributed by atoms with Gasteiger partial charge in [-0.2, -0.15) is 0 Å². The first kappa shape index (κ1) is 6.15. The van der Waals surface area contributed by atoms with Gasteiger partial charge >= 0.3 is 0 Å². The lowest BCUT2D eigenvalue weighted by atomic mass is 10.7. The second kappa shape index (κ2) is 2.10. The molecule has 0 saturated heterocycles. The van der Waals surface area contributed by atoms with Gasteiger partial charge in [0.25, 0.3) is 5.24 Å². The van der Waals surface area contributed by atoms with Crippen LogP contribution in [-0.2, 0) is 7.05 Å². The van der Waals surface area contributed by atoms with E-state index < -0.39 is 5.24 Å². The molecule has 0 aliphatic rings. The van der Waals surface area contributed by atoms with E-state index in [-0.39, 0.29) is 5.82 Å². The second-order valence-corrected chi connectivity index (χ2v) is 1.74. The molecule has 1 heterocycles. The fourth-order valence-corrected chi connectivity index (χ4v) is 0.556. The molecule has 48 valence electrons. The molecular formula is C3H3ClN4O. The summed E-state index contributed by atoms with van der Waals surface area (Å²) < 4.78 is 1.20. The minimum absolute atomic E-state index is 0.0525. The summed E-state index contributed by atoms with van der Waals surface area (Å²) in [6, 6.07) is 0. The molecule has 1 aromatic heterocycles. The molecule has 0 atom stereocenters. The highest BCUT2D eigenvalue weighted by Gasteiger charge is 2.07. The molecule has 0 bridgehead atoms. The van der Waals surface area contributed by atoms with Gasteiger partial charge in [0, 0.05) is 7.05 Å². The maximum absolute atomic E-state index is 10.3. The summed E-state index contributed by atoms with van der Waals surface area (Å²) in [6.45, 7) is 0. The predicted octanol–water partition coefficient (Wildman–Crippen LogP) is -0.411. The fourth-order valence-electron chi connectivity index (χ4n) is 0.396. The van der Waals surface area contributed by atoms with Crippen molar-refractivity contribution in [2.24, 2.45) is 7.05 Å². The van der Waals surface area contributed by atoms with Crippen LogP contribution in [0, 0.1) is 0 Å². The van der Waals surface area contributed by atoms with E-state index in [2.05, 4.69) is 15.5 Å². The number of rotatable bonds is 1. The molecule has 9 heavy (non-hydrogen) atoms. The standard InChI is InChI=1S/C3H3ClN4O/c1-8-3(2(4)9)5-6-7-8/h1H3. The Labute approximate surface area is 55.6 Å². The second-order valence-electron chi connectivity index (χ2n) is 1.40. The average Bonchev–Trinajstić information content (AvgIpc) is 2.13. The highest BCUT2D eigenvalue weighted by molar-refractivity contribution is 6.67. The van der Waals surface area contributed by atoms with Crippen LogP contribution in [-0.4, -0.2) is 25.4 Å². The van der Waals surface area contributed by atoms with Crippen molar-refractivity contribution in [3.8, 4) is 0 Å². The molecular weight excluding hydrogens is 144 g/mol. The van der Waals surface area contributed by atoms with Crippen LogP contribution in [0.2, 0.25) is 0 Å². The van der Waals surface area contributed by atoms with Gasteiger partial charge in [0.1, 0.15) is 0 Å². The van der Waals surface area contributed by atoms with Gasteiger partial charge in [0.15, 0.2) is 0 Å². The van der Waals surface area contributed by atoms with Crippen LogP contribution in [0.15, 0.2) is 0 Å². The minimum Gasteiger partial charge on any atom is -0.272 e. The molecule has 6 heteroatoms. The Morgan fingerprint density at radius 2 is 2.44 bits per heavy atom. The minimum atomic E-state index is -0.650. The Balaban J connectivity index is 3.08. The lowest BCUT2D eigenvalue weighted by Gasteiger charge is -1.85. The van der Waals surface area contributed by atoms with Crippen molar-refractivity contribution in [3.05, 3.63) is 5.82 Å². The zero-order valence-electron chi connectivity index (χ0n) is 4.58. The highest BCUT2D eigenvalue weighted by atomic mass is 35.5. The van der Waals surface area contributed by atoms with Crippen molar-refractivity contribution in [2.75, 3.05) is 0 Å². The smallest absolute Gasteiger partial charge is 0.272 e. The van der Waals surface area contributed by atoms with E-state index in [1.165, 1.54) is 11.7 Å². The molecule has 0 aliphatic heterocycles. The Hall–Kier alpha value is -0.970. The van der Waals surface area contributed by atoms with E-state index in [0.29, 0.717) is 0 Å². The number of aromatic nitrogens is 4. The van der Waals surface area contributed by atoms with Crippen molar-refractivity contribution >= 4 is 16.8 Å². The molecule has 1 rings (SSSR count). The number of carbonyl (C=O) groups excluding carboxylic acids is 1. The van der Waals surface area contributed by atoms with Gasteiger partial charge < -0.3 is 0 Å². The SMILES string of the molecule is Cn1nnnc1C(=O)Cl. The topological polar surface area (TPSA) is 60.7 Å². The van der Waals surface area contributed by atoms with Crippen molar-refractivity contribution in [2.45, 2.75) is 0 Å². The largest absolute Gasteiger partial charge is 0.291 e. The lowest BCUT2D eigenvalue weighted by Crippen LogP contribution is -2.01. The third kappa shape index (κ3) is 1.05. The van der Waals surface area contributed by atoms with Crippen LogP contribution in [0.3, 0.4) is 0 Å². The summed E-state index contributed by atoms with van der Waals surface area (Å²) in [5.74, 6) is 0.0525. The van der Waals surface area contributed by atoms with E-state index in [1.807, 2.05) is 0 Å². The van der Waals surface area contributed by atoms with Crippen molar-refractivity contribution in [3.63, 3.8) is 0 Å². The van der Waals surface area contributed by atoms with Gasteiger partial charge in [-0.05, 0) is 22.0 Å². The van der Waals surface area contributed by atoms with Crippen LogP contribution in [0.5, 0.6) is 0 Å². The Kier molecular flexibility index (Phi) is 1.44. The van der Waals surface area contributed by atoms with E-state index in [1.54, 1.807) is 0 Å². The molecule has 1 aromatic rings. The number of hydrogen-bond donors (Lipinski definition) is 0. The van der Waals surface area contributed by atoms with E-state index in [9.17, 15) is 4.79 Å². The Morgan fingerprint density at radius 1 is 1.78 bits per heavy atom. The third-order valence-electron chi connectivity index (χ3n) is 0.796. The summed E-state index contributed by atoms with van der Waals surface area (Å²) in [4.78, 5) is 10.3. The maximum atomic E-state index is 10.3. The van der Waals surface area contributed by atoms with Crippen molar-refractivity contribution < 1.29 is 4.79 Å². The molecule has 0 radical (unpaired) electrons. The fraction of sp³-hybridized carbons (Fsp3) is 0.333. The molecule has 0 fully saturated rings. The molecule has 0 saturated carbocycles. The first-order valence-electron chi connectivity index (χ1n) is 2.14. The molecule has 5 nitrogen and oxygen atoms in total. The normalized spacial score (nSPS) is 9.56. The van der Waals surface area contributed by atoms with Crippen molar-refractivity contribution in [1.29, 1.82) is 0 Å². The summed E-state index contributed by atoms with van der Waals surface area (Å²) in [5.41, 5.74) is 0. The summed E-state index contributed by atoms with van der Waals surface area (Å²) in [6.07, 6.45) is 0. The quantitative estimate of drug-likeness (QED) is 0.506. The van der Waals surface area contributed by atoms with E-state index >= 15 is 0 Å². The number of carbonyl (C=O) groups is 1. The van der Waals surface area contributed by atoms with Crippen molar-refractivity contribution in [1.82, 2.24) is 20.2 Å². The van der Waals surface area contributed by atoms with Gasteiger partial charge in [0.2, 0.25) is 5.82 Å².